The maximum Gasteiger partial charge on any atom is 0.227 e. The molecule has 5 nitrogen and oxygen atoms in total. The molecular formula is C24H30N4O. The molecule has 29 heavy (non-hydrogen) atoms. The molecule has 1 fully saturated rings. The molecule has 0 radical (unpaired) electrons. The molecule has 1 saturated heterocycles. The van der Waals surface area contributed by atoms with Crippen molar-refractivity contribution in [2.75, 3.05) is 13.1 Å². The number of amides is 1. The van der Waals surface area contributed by atoms with Crippen molar-refractivity contribution in [2.45, 2.75) is 52.0 Å². The zero-order chi connectivity index (χ0) is 20.5. The summed E-state index contributed by atoms with van der Waals surface area (Å²) in [6.45, 7) is 10.3. The van der Waals surface area contributed by atoms with E-state index < -0.39 is 0 Å². The fourth-order valence-corrected chi connectivity index (χ4v) is 4.28. The van der Waals surface area contributed by atoms with Crippen molar-refractivity contribution in [1.82, 2.24) is 20.6 Å². The van der Waals surface area contributed by atoms with Crippen LogP contribution in [0.25, 0.3) is 22.2 Å². The minimum Gasteiger partial charge on any atom is -0.354 e. The lowest BCUT2D eigenvalue weighted by atomic mass is 9.93. The van der Waals surface area contributed by atoms with Crippen LogP contribution in [0.4, 0.5) is 0 Å². The van der Waals surface area contributed by atoms with Gasteiger partial charge in [0.15, 0.2) is 0 Å². The fraction of sp³-hybridized carbons (Fsp3) is 0.417. The zero-order valence-electron chi connectivity index (χ0n) is 17.7. The largest absolute Gasteiger partial charge is 0.354 e. The van der Waals surface area contributed by atoms with Gasteiger partial charge >= 0.3 is 0 Å². The molecule has 3 N–H and O–H groups in total. The van der Waals surface area contributed by atoms with E-state index in [-0.39, 0.29) is 17.9 Å². The maximum atomic E-state index is 12.8. The van der Waals surface area contributed by atoms with E-state index in [2.05, 4.69) is 64.8 Å². The Morgan fingerprint density at radius 2 is 2.03 bits per heavy atom. The number of hydrogen-bond donors (Lipinski definition) is 3. The number of carbonyl (C=O) groups is 1. The van der Waals surface area contributed by atoms with Gasteiger partial charge in [0.1, 0.15) is 0 Å². The summed E-state index contributed by atoms with van der Waals surface area (Å²) >= 11 is 0. The van der Waals surface area contributed by atoms with Gasteiger partial charge in [-0.1, -0.05) is 19.9 Å². The third kappa shape index (κ3) is 3.92. The highest BCUT2D eigenvalue weighted by Gasteiger charge is 2.23. The molecule has 1 aromatic carbocycles. The van der Waals surface area contributed by atoms with E-state index in [0.29, 0.717) is 5.92 Å². The average molecular weight is 391 g/mol. The summed E-state index contributed by atoms with van der Waals surface area (Å²) in [6, 6.07) is 10.8. The normalized spacial score (nSPS) is 17.8. The van der Waals surface area contributed by atoms with Gasteiger partial charge in [-0.3, -0.25) is 9.78 Å². The van der Waals surface area contributed by atoms with Gasteiger partial charge in [0.2, 0.25) is 5.91 Å². The van der Waals surface area contributed by atoms with Crippen molar-refractivity contribution in [3.8, 4) is 11.3 Å². The molecule has 1 amide bonds. The van der Waals surface area contributed by atoms with Crippen LogP contribution in [0.5, 0.6) is 0 Å². The molecule has 1 aliphatic rings. The Kier molecular flexibility index (Phi) is 5.41. The summed E-state index contributed by atoms with van der Waals surface area (Å²) < 4.78 is 0. The Balaban J connectivity index is 1.71. The van der Waals surface area contributed by atoms with Gasteiger partial charge in [-0.2, -0.15) is 0 Å². The van der Waals surface area contributed by atoms with E-state index >= 15 is 0 Å². The minimum absolute atomic E-state index is 0.102. The van der Waals surface area contributed by atoms with Gasteiger partial charge in [-0.15, -0.1) is 0 Å². The smallest absolute Gasteiger partial charge is 0.227 e. The first kappa shape index (κ1) is 19.6. The number of benzene rings is 1. The van der Waals surface area contributed by atoms with Crippen LogP contribution < -0.4 is 10.6 Å². The molecule has 0 spiro atoms. The number of carbonyl (C=O) groups excluding carboxylic acids is 1. The van der Waals surface area contributed by atoms with E-state index in [1.165, 1.54) is 10.9 Å². The maximum absolute atomic E-state index is 12.8. The van der Waals surface area contributed by atoms with Crippen molar-refractivity contribution in [3.63, 3.8) is 0 Å². The van der Waals surface area contributed by atoms with Crippen LogP contribution in [0.3, 0.4) is 0 Å². The van der Waals surface area contributed by atoms with Crippen molar-refractivity contribution in [1.29, 1.82) is 0 Å². The quantitative estimate of drug-likeness (QED) is 0.610. The van der Waals surface area contributed by atoms with Crippen molar-refractivity contribution in [3.05, 3.63) is 53.3 Å². The molecule has 2 aromatic heterocycles. The lowest BCUT2D eigenvalue weighted by Gasteiger charge is -2.17. The number of aryl methyl sites for hydroxylation is 1. The number of fused-ring (bicyclic) bond motifs is 1. The van der Waals surface area contributed by atoms with Crippen LogP contribution in [-0.4, -0.2) is 35.0 Å². The van der Waals surface area contributed by atoms with Crippen LogP contribution in [0.15, 0.2) is 36.5 Å². The molecule has 2 atom stereocenters. The second kappa shape index (κ2) is 7.99. The molecule has 3 aromatic rings. The first-order valence-corrected chi connectivity index (χ1v) is 10.5. The van der Waals surface area contributed by atoms with Crippen molar-refractivity contribution >= 4 is 16.8 Å². The van der Waals surface area contributed by atoms with Gasteiger partial charge in [-0.05, 0) is 68.1 Å². The number of rotatable bonds is 5. The topological polar surface area (TPSA) is 69.8 Å². The lowest BCUT2D eigenvalue weighted by molar-refractivity contribution is -0.122. The monoisotopic (exact) mass is 390 g/mol. The molecule has 1 aliphatic heterocycles. The summed E-state index contributed by atoms with van der Waals surface area (Å²) in [5, 5.41) is 7.68. The van der Waals surface area contributed by atoms with Gasteiger partial charge in [0, 0.05) is 40.9 Å². The van der Waals surface area contributed by atoms with E-state index in [0.717, 1.165) is 47.5 Å². The highest BCUT2D eigenvalue weighted by Crippen LogP contribution is 2.36. The lowest BCUT2D eigenvalue weighted by Crippen LogP contribution is -2.38. The molecule has 0 bridgehead atoms. The van der Waals surface area contributed by atoms with Gasteiger partial charge in [0.05, 0.1) is 11.6 Å². The highest BCUT2D eigenvalue weighted by atomic mass is 16.1. The number of nitrogens with zero attached hydrogens (tertiary/aromatic N) is 1. The fourth-order valence-electron chi connectivity index (χ4n) is 4.28. The molecule has 1 unspecified atom stereocenters. The number of hydrogen-bond acceptors (Lipinski definition) is 3. The van der Waals surface area contributed by atoms with Crippen molar-refractivity contribution < 1.29 is 4.79 Å². The molecule has 3 heterocycles. The van der Waals surface area contributed by atoms with Crippen molar-refractivity contribution in [2.24, 2.45) is 0 Å². The minimum atomic E-state index is -0.179. The van der Waals surface area contributed by atoms with Crippen LogP contribution in [0, 0.1) is 6.92 Å². The van der Waals surface area contributed by atoms with Gasteiger partial charge < -0.3 is 15.6 Å². The van der Waals surface area contributed by atoms with Crippen LogP contribution in [-0.2, 0) is 4.79 Å². The van der Waals surface area contributed by atoms with Crippen LogP contribution in [0.2, 0.25) is 0 Å². The summed E-state index contributed by atoms with van der Waals surface area (Å²) in [5.74, 6) is 0.280. The van der Waals surface area contributed by atoms with E-state index in [4.69, 9.17) is 0 Å². The second-order valence-electron chi connectivity index (χ2n) is 8.48. The average Bonchev–Trinajstić information content (AvgIpc) is 3.34. The molecule has 5 heteroatoms. The van der Waals surface area contributed by atoms with E-state index in [1.807, 2.05) is 20.0 Å². The summed E-state index contributed by atoms with van der Waals surface area (Å²) in [6.07, 6.45) is 2.86. The molecular weight excluding hydrogens is 360 g/mol. The first-order chi connectivity index (χ1) is 13.9. The molecule has 152 valence electrons. The third-order valence-electron chi connectivity index (χ3n) is 5.93. The predicted octanol–water partition coefficient (Wildman–Crippen LogP) is 4.24. The number of H-pyrrole nitrogens is 1. The number of aromatic amines is 1. The standard InChI is InChI=1S/C24H30N4O/c1-14(2)22-20-12-17(16(4)24(29)27-19-8-9-25-13-19)5-6-21(20)28-23(22)18-7-10-26-15(3)11-18/h5-7,10-12,14,16,19,25,28H,8-9,13H2,1-4H3,(H,27,29)/t16?,19-/m0/s1. The SMILES string of the molecule is Cc1cc(-c2[nH]c3ccc(C(C)C(=O)N[C@H]4CCNC4)cc3c2C(C)C)ccn1. The molecule has 0 aliphatic carbocycles. The second-order valence-corrected chi connectivity index (χ2v) is 8.48. The van der Waals surface area contributed by atoms with E-state index in [1.54, 1.807) is 0 Å². The third-order valence-corrected chi connectivity index (χ3v) is 5.93. The number of aromatic nitrogens is 2. The van der Waals surface area contributed by atoms with E-state index in [9.17, 15) is 4.79 Å². The summed E-state index contributed by atoms with van der Waals surface area (Å²) in [4.78, 5) is 20.7. The Morgan fingerprint density at radius 1 is 1.21 bits per heavy atom. The predicted molar refractivity (Wildman–Crippen MR) is 118 cm³/mol. The number of pyridine rings is 1. The highest BCUT2D eigenvalue weighted by molar-refractivity contribution is 5.93. The van der Waals surface area contributed by atoms with Gasteiger partial charge in [0.25, 0.3) is 0 Å². The molecule has 0 saturated carbocycles. The Labute approximate surface area is 172 Å². The first-order valence-electron chi connectivity index (χ1n) is 10.5. The van der Waals surface area contributed by atoms with Crippen LogP contribution >= 0.6 is 0 Å². The summed E-state index contributed by atoms with van der Waals surface area (Å²) in [7, 11) is 0. The van der Waals surface area contributed by atoms with Crippen LogP contribution in [0.1, 0.15) is 55.8 Å². The Bertz CT molecular complexity index is 1030. The Morgan fingerprint density at radius 3 is 2.72 bits per heavy atom. The number of nitrogens with one attached hydrogen (secondary N) is 3. The molecule has 4 rings (SSSR count). The van der Waals surface area contributed by atoms with Gasteiger partial charge in [-0.25, -0.2) is 0 Å². The summed E-state index contributed by atoms with van der Waals surface area (Å²) in [5.41, 5.74) is 6.75. The zero-order valence-corrected chi connectivity index (χ0v) is 17.7. The Hall–Kier alpha value is -2.66.